The highest BCUT2D eigenvalue weighted by Crippen LogP contribution is 2.16. The number of esters is 3. The smallest absolute Gasteiger partial charge is 0.359 e. The molecule has 0 fully saturated rings. The molecule has 0 unspecified atom stereocenters. The zero-order chi connectivity index (χ0) is 28.4. The van der Waals surface area contributed by atoms with Gasteiger partial charge in [0.05, 0.1) is 25.4 Å². The van der Waals surface area contributed by atoms with Gasteiger partial charge in [-0.25, -0.2) is 19.4 Å². The predicted molar refractivity (Wildman–Crippen MR) is 145 cm³/mol. The van der Waals surface area contributed by atoms with Crippen LogP contribution in [0.1, 0.15) is 87.1 Å². The van der Waals surface area contributed by atoms with Gasteiger partial charge in [0.15, 0.2) is 17.2 Å². The SMILES string of the molecule is CCOC(=O)c1ccc(C#Cc2ccc(C#Cc3nc(C(=O)OCC)c(C(=O)OCC)n3C)c(CC)c2)cc1. The lowest BCUT2D eigenvalue weighted by Crippen LogP contribution is -2.16. The van der Waals surface area contributed by atoms with E-state index in [1.807, 2.05) is 25.1 Å². The van der Waals surface area contributed by atoms with Crippen molar-refractivity contribution < 1.29 is 28.6 Å². The van der Waals surface area contributed by atoms with Crippen molar-refractivity contribution in [1.82, 2.24) is 9.55 Å². The summed E-state index contributed by atoms with van der Waals surface area (Å²) in [6, 6.07) is 12.7. The standard InChI is InChI=1S/C31H30N2O6/c1-6-23-20-22(11-10-21-12-16-25(17-13-21)29(34)37-7-2)14-15-24(23)18-19-26-32-27(30(35)38-8-3)28(33(26)5)31(36)39-9-4/h12-17,20H,6-9H2,1-5H3. The number of aromatic nitrogens is 2. The van der Waals surface area contributed by atoms with E-state index < -0.39 is 11.9 Å². The van der Waals surface area contributed by atoms with Gasteiger partial charge >= 0.3 is 17.9 Å². The zero-order valence-corrected chi connectivity index (χ0v) is 22.7. The third kappa shape index (κ3) is 7.15. The van der Waals surface area contributed by atoms with E-state index in [1.54, 1.807) is 52.1 Å². The van der Waals surface area contributed by atoms with Gasteiger partial charge in [-0.1, -0.05) is 24.7 Å². The number of carbonyl (C=O) groups is 3. The Kier molecular flexibility index (Phi) is 10.1. The molecule has 0 saturated heterocycles. The Bertz CT molecular complexity index is 1490. The fourth-order valence-electron chi connectivity index (χ4n) is 3.64. The molecule has 1 heterocycles. The van der Waals surface area contributed by atoms with E-state index in [9.17, 15) is 14.4 Å². The van der Waals surface area contributed by atoms with Crippen LogP contribution in [-0.4, -0.2) is 47.3 Å². The molecular formula is C31H30N2O6. The van der Waals surface area contributed by atoms with Crippen molar-refractivity contribution in [3.8, 4) is 23.7 Å². The van der Waals surface area contributed by atoms with Gasteiger partial charge in [-0.3, -0.25) is 0 Å². The van der Waals surface area contributed by atoms with Crippen LogP contribution in [0.3, 0.4) is 0 Å². The number of aryl methyl sites for hydroxylation is 1. The van der Waals surface area contributed by atoms with Crippen molar-refractivity contribution in [2.24, 2.45) is 7.05 Å². The molecule has 0 aliphatic rings. The quantitative estimate of drug-likeness (QED) is 0.257. The molecule has 0 N–H and O–H groups in total. The van der Waals surface area contributed by atoms with Crippen LogP contribution in [0.25, 0.3) is 0 Å². The van der Waals surface area contributed by atoms with Crippen LogP contribution in [-0.2, 0) is 27.7 Å². The van der Waals surface area contributed by atoms with Crippen molar-refractivity contribution in [3.63, 3.8) is 0 Å². The van der Waals surface area contributed by atoms with E-state index in [2.05, 4.69) is 28.7 Å². The summed E-state index contributed by atoms with van der Waals surface area (Å²) in [6.45, 7) is 7.76. The summed E-state index contributed by atoms with van der Waals surface area (Å²) < 4.78 is 16.6. The minimum Gasteiger partial charge on any atom is -0.462 e. The molecule has 0 aliphatic carbocycles. The molecule has 0 atom stereocenters. The maximum absolute atomic E-state index is 12.5. The highest BCUT2D eigenvalue weighted by molar-refractivity contribution is 6.01. The van der Waals surface area contributed by atoms with Gasteiger partial charge in [-0.05, 0) is 81.1 Å². The van der Waals surface area contributed by atoms with Gasteiger partial charge in [0.25, 0.3) is 0 Å². The summed E-state index contributed by atoms with van der Waals surface area (Å²) in [5, 5.41) is 0. The second-order valence-electron chi connectivity index (χ2n) is 8.16. The normalized spacial score (nSPS) is 9.97. The van der Waals surface area contributed by atoms with Crippen LogP contribution in [0.15, 0.2) is 42.5 Å². The molecule has 0 amide bonds. The summed E-state index contributed by atoms with van der Waals surface area (Å²) >= 11 is 0. The van der Waals surface area contributed by atoms with Gasteiger partial charge in [0, 0.05) is 23.7 Å². The Morgan fingerprint density at radius 1 is 0.744 bits per heavy atom. The van der Waals surface area contributed by atoms with Crippen LogP contribution in [0, 0.1) is 23.7 Å². The van der Waals surface area contributed by atoms with Crippen LogP contribution >= 0.6 is 0 Å². The second-order valence-corrected chi connectivity index (χ2v) is 8.16. The summed E-state index contributed by atoms with van der Waals surface area (Å²) in [5.74, 6) is 10.8. The molecule has 0 saturated carbocycles. The summed E-state index contributed by atoms with van der Waals surface area (Å²) in [7, 11) is 1.60. The summed E-state index contributed by atoms with van der Waals surface area (Å²) in [4.78, 5) is 41.0. The average molecular weight is 527 g/mol. The van der Waals surface area contributed by atoms with Gasteiger partial charge in [-0.15, -0.1) is 0 Å². The van der Waals surface area contributed by atoms with Crippen molar-refractivity contribution in [1.29, 1.82) is 0 Å². The highest BCUT2D eigenvalue weighted by atomic mass is 16.5. The zero-order valence-electron chi connectivity index (χ0n) is 22.7. The van der Waals surface area contributed by atoms with Gasteiger partial charge in [-0.2, -0.15) is 0 Å². The Hall–Kier alpha value is -4.82. The Labute approximate surface area is 228 Å². The van der Waals surface area contributed by atoms with E-state index in [-0.39, 0.29) is 36.4 Å². The lowest BCUT2D eigenvalue weighted by molar-refractivity contribution is 0.0468. The fourth-order valence-corrected chi connectivity index (χ4v) is 3.64. The van der Waals surface area contributed by atoms with Crippen molar-refractivity contribution in [2.45, 2.75) is 34.1 Å². The van der Waals surface area contributed by atoms with E-state index in [1.165, 1.54) is 4.57 Å². The second kappa shape index (κ2) is 13.6. The number of benzene rings is 2. The van der Waals surface area contributed by atoms with E-state index in [0.29, 0.717) is 12.2 Å². The van der Waals surface area contributed by atoms with Crippen molar-refractivity contribution >= 4 is 17.9 Å². The molecule has 1 aromatic heterocycles. The predicted octanol–water partition coefficient (Wildman–Crippen LogP) is 4.31. The molecule has 39 heavy (non-hydrogen) atoms. The Morgan fingerprint density at radius 2 is 1.33 bits per heavy atom. The average Bonchev–Trinajstić information content (AvgIpc) is 3.27. The molecule has 2 aromatic carbocycles. The van der Waals surface area contributed by atoms with E-state index in [0.717, 1.165) is 28.7 Å². The molecule has 0 bridgehead atoms. The lowest BCUT2D eigenvalue weighted by Gasteiger charge is -2.05. The van der Waals surface area contributed by atoms with Gasteiger partial charge < -0.3 is 18.8 Å². The molecule has 8 heteroatoms. The summed E-state index contributed by atoms with van der Waals surface area (Å²) in [5.41, 5.74) is 3.70. The molecule has 8 nitrogen and oxygen atoms in total. The van der Waals surface area contributed by atoms with Crippen LogP contribution < -0.4 is 0 Å². The first-order valence-electron chi connectivity index (χ1n) is 12.7. The minimum atomic E-state index is -0.711. The molecule has 0 radical (unpaired) electrons. The maximum atomic E-state index is 12.5. The molecular weight excluding hydrogens is 496 g/mol. The maximum Gasteiger partial charge on any atom is 0.359 e. The molecule has 3 rings (SSSR count). The number of ether oxygens (including phenoxy) is 3. The number of hydrogen-bond acceptors (Lipinski definition) is 7. The molecule has 0 aliphatic heterocycles. The number of nitrogens with zero attached hydrogens (tertiary/aromatic N) is 2. The summed E-state index contributed by atoms with van der Waals surface area (Å²) in [6.07, 6.45) is 0.719. The van der Waals surface area contributed by atoms with Crippen molar-refractivity contribution in [2.75, 3.05) is 19.8 Å². The van der Waals surface area contributed by atoms with Crippen LogP contribution in [0.2, 0.25) is 0 Å². The Morgan fingerprint density at radius 3 is 1.97 bits per heavy atom. The molecule has 200 valence electrons. The number of carbonyl (C=O) groups excluding carboxylic acids is 3. The number of imidazole rings is 1. The third-order valence-electron chi connectivity index (χ3n) is 5.58. The van der Waals surface area contributed by atoms with Crippen LogP contribution in [0.5, 0.6) is 0 Å². The molecule has 3 aromatic rings. The lowest BCUT2D eigenvalue weighted by atomic mass is 10.0. The van der Waals surface area contributed by atoms with Gasteiger partial charge in [0.2, 0.25) is 0 Å². The highest BCUT2D eigenvalue weighted by Gasteiger charge is 2.27. The number of hydrogen-bond donors (Lipinski definition) is 0. The first-order chi connectivity index (χ1) is 18.8. The Balaban J connectivity index is 1.88. The minimum absolute atomic E-state index is 0.00349. The fraction of sp³-hybridized carbons (Fsp3) is 0.290. The topological polar surface area (TPSA) is 96.7 Å². The third-order valence-corrected chi connectivity index (χ3v) is 5.58. The first kappa shape index (κ1) is 28.7. The van der Waals surface area contributed by atoms with E-state index >= 15 is 0 Å². The molecule has 0 spiro atoms. The van der Waals surface area contributed by atoms with Crippen LogP contribution in [0.4, 0.5) is 0 Å². The largest absolute Gasteiger partial charge is 0.462 e. The first-order valence-corrected chi connectivity index (χ1v) is 12.7. The monoisotopic (exact) mass is 526 g/mol. The van der Waals surface area contributed by atoms with Crippen molar-refractivity contribution in [3.05, 3.63) is 87.5 Å². The van der Waals surface area contributed by atoms with Gasteiger partial charge in [0.1, 0.15) is 0 Å². The number of rotatable bonds is 7. The van der Waals surface area contributed by atoms with E-state index in [4.69, 9.17) is 14.2 Å².